The molecule has 3 heteroatoms. The van der Waals surface area contributed by atoms with Crippen molar-refractivity contribution in [2.75, 3.05) is 6.61 Å². The van der Waals surface area contributed by atoms with Crippen LogP contribution in [0.1, 0.15) is 16.7 Å². The van der Waals surface area contributed by atoms with Gasteiger partial charge in [-0.25, -0.2) is 4.39 Å². The first-order valence-corrected chi connectivity index (χ1v) is 8.92. The van der Waals surface area contributed by atoms with Crippen molar-refractivity contribution in [3.05, 3.63) is 107 Å². The molecular formula is C23H24FNO. The highest BCUT2D eigenvalue weighted by Crippen LogP contribution is 2.17. The molecule has 0 aliphatic rings. The summed E-state index contributed by atoms with van der Waals surface area (Å²) in [6.45, 7) is 1.49. The Hall–Kier alpha value is -2.49. The quantitative estimate of drug-likeness (QED) is 0.650. The molecule has 0 bridgehead atoms. The minimum Gasteiger partial charge on any atom is -0.395 e. The molecule has 0 aromatic heterocycles. The maximum Gasteiger partial charge on any atom is 0.123 e. The van der Waals surface area contributed by atoms with Crippen LogP contribution in [0.25, 0.3) is 0 Å². The van der Waals surface area contributed by atoms with Crippen molar-refractivity contribution in [3.63, 3.8) is 0 Å². The molecule has 3 rings (SSSR count). The van der Waals surface area contributed by atoms with Gasteiger partial charge in [0.1, 0.15) is 5.82 Å². The van der Waals surface area contributed by atoms with Gasteiger partial charge >= 0.3 is 0 Å². The summed E-state index contributed by atoms with van der Waals surface area (Å²) in [6.07, 6.45) is 0.605. The van der Waals surface area contributed by atoms with Crippen molar-refractivity contribution in [3.8, 4) is 0 Å². The normalized spacial score (nSPS) is 12.3. The van der Waals surface area contributed by atoms with Gasteiger partial charge in [0.05, 0.1) is 6.61 Å². The second-order valence-electron chi connectivity index (χ2n) is 6.55. The molecule has 26 heavy (non-hydrogen) atoms. The van der Waals surface area contributed by atoms with Crippen LogP contribution in [-0.4, -0.2) is 22.7 Å². The summed E-state index contributed by atoms with van der Waals surface area (Å²) in [7, 11) is 0. The number of aliphatic hydroxyl groups excluding tert-OH is 1. The lowest BCUT2D eigenvalue weighted by atomic mass is 10.0. The molecule has 2 nitrogen and oxygen atoms in total. The van der Waals surface area contributed by atoms with Crippen molar-refractivity contribution >= 4 is 0 Å². The molecule has 0 radical (unpaired) electrons. The number of hydrogen-bond acceptors (Lipinski definition) is 2. The Morgan fingerprint density at radius 1 is 0.731 bits per heavy atom. The van der Waals surface area contributed by atoms with Crippen molar-refractivity contribution in [2.24, 2.45) is 0 Å². The fourth-order valence-corrected chi connectivity index (χ4v) is 3.20. The Bertz CT molecular complexity index is 750. The largest absolute Gasteiger partial charge is 0.395 e. The standard InChI is InChI=1S/C23H24FNO/c24-22-13-7-12-21(14-22)15-23(18-26)25(16-19-8-3-1-4-9-19)17-20-10-5-2-6-11-20/h1-14,23,26H,15-18H2. The zero-order valence-corrected chi connectivity index (χ0v) is 14.8. The van der Waals surface area contributed by atoms with Crippen LogP contribution in [-0.2, 0) is 19.5 Å². The van der Waals surface area contributed by atoms with Crippen LogP contribution in [0.4, 0.5) is 4.39 Å². The van der Waals surface area contributed by atoms with Crippen molar-refractivity contribution < 1.29 is 9.50 Å². The highest BCUT2D eigenvalue weighted by Gasteiger charge is 2.19. The predicted octanol–water partition coefficient (Wildman–Crippen LogP) is 4.43. The average molecular weight is 349 g/mol. The lowest BCUT2D eigenvalue weighted by Gasteiger charge is -2.31. The van der Waals surface area contributed by atoms with E-state index in [2.05, 4.69) is 29.2 Å². The third kappa shape index (κ3) is 5.25. The molecule has 0 fully saturated rings. The highest BCUT2D eigenvalue weighted by atomic mass is 19.1. The van der Waals surface area contributed by atoms with E-state index in [0.29, 0.717) is 6.42 Å². The van der Waals surface area contributed by atoms with Gasteiger partial charge in [-0.1, -0.05) is 72.8 Å². The summed E-state index contributed by atoms with van der Waals surface area (Å²) in [6, 6.07) is 27.0. The van der Waals surface area contributed by atoms with Gasteiger partial charge in [-0.05, 0) is 35.2 Å². The second kappa shape index (κ2) is 9.27. The molecule has 0 saturated heterocycles. The molecule has 0 heterocycles. The van der Waals surface area contributed by atoms with Gasteiger partial charge in [-0.2, -0.15) is 0 Å². The fraction of sp³-hybridized carbons (Fsp3) is 0.217. The minimum absolute atomic E-state index is 0.0240. The number of benzene rings is 3. The Morgan fingerprint density at radius 2 is 1.27 bits per heavy atom. The maximum atomic E-state index is 13.5. The molecule has 1 unspecified atom stereocenters. The van der Waals surface area contributed by atoms with E-state index in [9.17, 15) is 9.50 Å². The van der Waals surface area contributed by atoms with Gasteiger partial charge in [-0.3, -0.25) is 4.90 Å². The molecule has 3 aromatic carbocycles. The lowest BCUT2D eigenvalue weighted by Crippen LogP contribution is -2.38. The number of aliphatic hydroxyl groups is 1. The number of nitrogens with zero attached hydrogens (tertiary/aromatic N) is 1. The molecule has 0 saturated carbocycles. The van der Waals surface area contributed by atoms with Crippen LogP contribution in [0.5, 0.6) is 0 Å². The Kier molecular flexibility index (Phi) is 6.53. The monoisotopic (exact) mass is 349 g/mol. The molecular weight excluding hydrogens is 325 g/mol. The summed E-state index contributed by atoms with van der Waals surface area (Å²) in [5, 5.41) is 10.0. The summed E-state index contributed by atoms with van der Waals surface area (Å²) in [5.74, 6) is -0.239. The van der Waals surface area contributed by atoms with Crippen LogP contribution in [0.2, 0.25) is 0 Å². The van der Waals surface area contributed by atoms with E-state index in [1.165, 1.54) is 17.2 Å². The molecule has 0 aliphatic carbocycles. The van der Waals surface area contributed by atoms with E-state index >= 15 is 0 Å². The van der Waals surface area contributed by atoms with Gasteiger partial charge in [0.2, 0.25) is 0 Å². The summed E-state index contributed by atoms with van der Waals surface area (Å²) >= 11 is 0. The minimum atomic E-state index is -0.239. The average Bonchev–Trinajstić information content (AvgIpc) is 2.67. The van der Waals surface area contributed by atoms with Gasteiger partial charge < -0.3 is 5.11 Å². The maximum absolute atomic E-state index is 13.5. The first-order chi connectivity index (χ1) is 12.7. The van der Waals surface area contributed by atoms with Crippen molar-refractivity contribution in [1.29, 1.82) is 0 Å². The molecule has 134 valence electrons. The third-order valence-electron chi connectivity index (χ3n) is 4.54. The zero-order chi connectivity index (χ0) is 18.2. The van der Waals surface area contributed by atoms with E-state index in [1.807, 2.05) is 42.5 Å². The summed E-state index contributed by atoms with van der Waals surface area (Å²) < 4.78 is 13.5. The van der Waals surface area contributed by atoms with Gasteiger partial charge in [0.25, 0.3) is 0 Å². The summed E-state index contributed by atoms with van der Waals surface area (Å²) in [5.41, 5.74) is 3.29. The highest BCUT2D eigenvalue weighted by molar-refractivity contribution is 5.20. The lowest BCUT2D eigenvalue weighted by molar-refractivity contribution is 0.109. The number of halogens is 1. The Labute approximate surface area is 154 Å². The van der Waals surface area contributed by atoms with Gasteiger partial charge in [-0.15, -0.1) is 0 Å². The summed E-state index contributed by atoms with van der Waals surface area (Å²) in [4.78, 5) is 2.26. The second-order valence-corrected chi connectivity index (χ2v) is 6.55. The van der Waals surface area contributed by atoms with Gasteiger partial charge in [0, 0.05) is 19.1 Å². The SMILES string of the molecule is OCC(Cc1cccc(F)c1)N(Cc1ccccc1)Cc1ccccc1. The molecule has 3 aromatic rings. The first-order valence-electron chi connectivity index (χ1n) is 8.92. The van der Waals surface area contributed by atoms with Crippen LogP contribution >= 0.6 is 0 Å². The smallest absolute Gasteiger partial charge is 0.123 e. The van der Waals surface area contributed by atoms with Crippen LogP contribution in [0.3, 0.4) is 0 Å². The van der Waals surface area contributed by atoms with E-state index in [1.54, 1.807) is 12.1 Å². The topological polar surface area (TPSA) is 23.5 Å². The fourth-order valence-electron chi connectivity index (χ4n) is 3.20. The first kappa shape index (κ1) is 18.3. The Morgan fingerprint density at radius 3 is 1.77 bits per heavy atom. The van der Waals surface area contributed by atoms with E-state index < -0.39 is 0 Å². The molecule has 1 N–H and O–H groups in total. The van der Waals surface area contributed by atoms with Crippen LogP contribution in [0, 0.1) is 5.82 Å². The van der Waals surface area contributed by atoms with Crippen LogP contribution in [0.15, 0.2) is 84.9 Å². The van der Waals surface area contributed by atoms with Gasteiger partial charge in [0.15, 0.2) is 0 Å². The number of rotatable bonds is 8. The molecule has 0 amide bonds. The number of hydrogen-bond donors (Lipinski definition) is 1. The Balaban J connectivity index is 1.81. The third-order valence-corrected chi connectivity index (χ3v) is 4.54. The van der Waals surface area contributed by atoms with Crippen molar-refractivity contribution in [1.82, 2.24) is 4.90 Å². The van der Waals surface area contributed by atoms with E-state index in [-0.39, 0.29) is 18.5 Å². The van der Waals surface area contributed by atoms with E-state index in [0.717, 1.165) is 18.7 Å². The zero-order valence-electron chi connectivity index (χ0n) is 14.8. The molecule has 0 spiro atoms. The predicted molar refractivity (Wildman–Crippen MR) is 103 cm³/mol. The van der Waals surface area contributed by atoms with Crippen LogP contribution < -0.4 is 0 Å². The van der Waals surface area contributed by atoms with Crippen molar-refractivity contribution in [2.45, 2.75) is 25.6 Å². The molecule has 0 aliphatic heterocycles. The van der Waals surface area contributed by atoms with E-state index in [4.69, 9.17) is 0 Å². The molecule has 1 atom stereocenters.